The van der Waals surface area contributed by atoms with Gasteiger partial charge in [0.05, 0.1) is 0 Å². The average molecular weight is 138 g/mol. The standard InChI is InChI=1S/C10H18/c1-7-5-9(3)10(4)6-8(7)2/h7-8H,5-6H2,1-4H3. The lowest BCUT2D eigenvalue weighted by atomic mass is 9.79. The molecule has 0 bridgehead atoms. The second-order valence-corrected chi connectivity index (χ2v) is 3.92. The summed E-state index contributed by atoms with van der Waals surface area (Å²) in [4.78, 5) is 0. The van der Waals surface area contributed by atoms with Gasteiger partial charge in [-0.05, 0) is 38.5 Å². The van der Waals surface area contributed by atoms with Gasteiger partial charge in [0.1, 0.15) is 0 Å². The van der Waals surface area contributed by atoms with Crippen LogP contribution < -0.4 is 0 Å². The van der Waals surface area contributed by atoms with Crippen LogP contribution in [0.1, 0.15) is 40.5 Å². The molecule has 0 spiro atoms. The molecule has 1 aliphatic carbocycles. The Labute approximate surface area is 64.3 Å². The Hall–Kier alpha value is -0.260. The van der Waals surface area contributed by atoms with Gasteiger partial charge < -0.3 is 0 Å². The van der Waals surface area contributed by atoms with Gasteiger partial charge in [0.15, 0.2) is 0 Å². The second-order valence-electron chi connectivity index (χ2n) is 3.92. The molecule has 0 aromatic carbocycles. The van der Waals surface area contributed by atoms with Crippen molar-refractivity contribution in [3.05, 3.63) is 11.1 Å². The highest BCUT2D eigenvalue weighted by atomic mass is 14.2. The predicted molar refractivity (Wildman–Crippen MR) is 45.9 cm³/mol. The number of hydrogen-bond acceptors (Lipinski definition) is 0. The van der Waals surface area contributed by atoms with Crippen molar-refractivity contribution in [2.45, 2.75) is 40.5 Å². The summed E-state index contributed by atoms with van der Waals surface area (Å²) in [6.45, 7) is 9.27. The summed E-state index contributed by atoms with van der Waals surface area (Å²) in [5.74, 6) is 1.81. The maximum Gasteiger partial charge on any atom is -0.0292 e. The molecule has 0 saturated carbocycles. The van der Waals surface area contributed by atoms with E-state index in [0.29, 0.717) is 0 Å². The molecule has 0 heterocycles. The van der Waals surface area contributed by atoms with Crippen molar-refractivity contribution in [1.29, 1.82) is 0 Å². The predicted octanol–water partition coefficient (Wildman–Crippen LogP) is 3.39. The minimum atomic E-state index is 0.906. The highest BCUT2D eigenvalue weighted by Gasteiger charge is 2.19. The molecular formula is C10H18. The van der Waals surface area contributed by atoms with E-state index in [1.807, 2.05) is 0 Å². The first-order valence-electron chi connectivity index (χ1n) is 4.26. The van der Waals surface area contributed by atoms with Crippen molar-refractivity contribution in [3.8, 4) is 0 Å². The molecule has 0 fully saturated rings. The smallest absolute Gasteiger partial charge is 0.0292 e. The van der Waals surface area contributed by atoms with Gasteiger partial charge in [-0.2, -0.15) is 0 Å². The first-order valence-corrected chi connectivity index (χ1v) is 4.26. The lowest BCUT2D eigenvalue weighted by Gasteiger charge is -2.27. The van der Waals surface area contributed by atoms with E-state index in [1.54, 1.807) is 11.1 Å². The topological polar surface area (TPSA) is 0 Å². The van der Waals surface area contributed by atoms with Crippen LogP contribution in [-0.4, -0.2) is 0 Å². The van der Waals surface area contributed by atoms with Crippen molar-refractivity contribution in [2.75, 3.05) is 0 Å². The largest absolute Gasteiger partial charge is 0.0741 e. The molecular weight excluding hydrogens is 120 g/mol. The normalized spacial score (nSPS) is 34.8. The van der Waals surface area contributed by atoms with Gasteiger partial charge in [-0.3, -0.25) is 0 Å². The molecule has 0 aromatic rings. The van der Waals surface area contributed by atoms with Crippen molar-refractivity contribution >= 4 is 0 Å². The maximum absolute atomic E-state index is 2.36. The minimum Gasteiger partial charge on any atom is -0.0741 e. The second kappa shape index (κ2) is 2.77. The maximum atomic E-state index is 2.36. The molecule has 2 unspecified atom stereocenters. The van der Waals surface area contributed by atoms with Crippen LogP contribution in [0.3, 0.4) is 0 Å². The molecule has 0 amide bonds. The first-order chi connectivity index (χ1) is 4.61. The summed E-state index contributed by atoms with van der Waals surface area (Å²) < 4.78 is 0. The van der Waals surface area contributed by atoms with E-state index >= 15 is 0 Å². The van der Waals surface area contributed by atoms with Crippen molar-refractivity contribution in [2.24, 2.45) is 11.8 Å². The molecule has 0 N–H and O–H groups in total. The molecule has 1 aliphatic rings. The van der Waals surface area contributed by atoms with Crippen molar-refractivity contribution in [1.82, 2.24) is 0 Å². The molecule has 0 nitrogen and oxygen atoms in total. The molecule has 0 aromatic heterocycles. The van der Waals surface area contributed by atoms with Gasteiger partial charge in [0.25, 0.3) is 0 Å². The Kier molecular flexibility index (Phi) is 2.18. The Morgan fingerprint density at radius 2 is 1.20 bits per heavy atom. The molecule has 0 heteroatoms. The fourth-order valence-electron chi connectivity index (χ4n) is 1.72. The van der Waals surface area contributed by atoms with E-state index in [9.17, 15) is 0 Å². The number of rotatable bonds is 0. The van der Waals surface area contributed by atoms with E-state index in [-0.39, 0.29) is 0 Å². The third-order valence-corrected chi connectivity index (χ3v) is 2.96. The molecule has 58 valence electrons. The van der Waals surface area contributed by atoms with Crippen LogP contribution in [0.5, 0.6) is 0 Å². The number of allylic oxidation sites excluding steroid dienone is 2. The zero-order valence-electron chi connectivity index (χ0n) is 7.57. The highest BCUT2D eigenvalue weighted by molar-refractivity contribution is 5.14. The first kappa shape index (κ1) is 7.84. The van der Waals surface area contributed by atoms with E-state index in [0.717, 1.165) is 11.8 Å². The fraction of sp³-hybridized carbons (Fsp3) is 0.800. The van der Waals surface area contributed by atoms with Crippen LogP contribution >= 0.6 is 0 Å². The average Bonchev–Trinajstić information content (AvgIpc) is 1.84. The summed E-state index contributed by atoms with van der Waals surface area (Å²) in [6.07, 6.45) is 2.65. The van der Waals surface area contributed by atoms with Crippen LogP contribution in [0.15, 0.2) is 11.1 Å². The van der Waals surface area contributed by atoms with Crippen LogP contribution in [0, 0.1) is 11.8 Å². The van der Waals surface area contributed by atoms with Crippen molar-refractivity contribution < 1.29 is 0 Å². The van der Waals surface area contributed by atoms with Crippen LogP contribution in [0.4, 0.5) is 0 Å². The monoisotopic (exact) mass is 138 g/mol. The highest BCUT2D eigenvalue weighted by Crippen LogP contribution is 2.32. The Balaban J connectivity index is 2.69. The third kappa shape index (κ3) is 1.42. The third-order valence-electron chi connectivity index (χ3n) is 2.96. The molecule has 0 saturated heterocycles. The van der Waals surface area contributed by atoms with E-state index < -0.39 is 0 Å². The van der Waals surface area contributed by atoms with Gasteiger partial charge >= 0.3 is 0 Å². The molecule has 2 atom stereocenters. The summed E-state index contributed by atoms with van der Waals surface area (Å²) in [5, 5.41) is 0. The van der Waals surface area contributed by atoms with Gasteiger partial charge in [-0.25, -0.2) is 0 Å². The van der Waals surface area contributed by atoms with E-state index in [2.05, 4.69) is 27.7 Å². The molecule has 10 heavy (non-hydrogen) atoms. The summed E-state index contributed by atoms with van der Waals surface area (Å²) in [6, 6.07) is 0. The van der Waals surface area contributed by atoms with Gasteiger partial charge in [-0.1, -0.05) is 25.0 Å². The summed E-state index contributed by atoms with van der Waals surface area (Å²) in [7, 11) is 0. The van der Waals surface area contributed by atoms with Gasteiger partial charge in [-0.15, -0.1) is 0 Å². The molecule has 0 radical (unpaired) electrons. The SMILES string of the molecule is CC1=C(C)CC(C)C(C)C1. The van der Waals surface area contributed by atoms with E-state index in [4.69, 9.17) is 0 Å². The lowest BCUT2D eigenvalue weighted by Crippen LogP contribution is -2.14. The quantitative estimate of drug-likeness (QED) is 0.450. The van der Waals surface area contributed by atoms with Crippen molar-refractivity contribution in [3.63, 3.8) is 0 Å². The van der Waals surface area contributed by atoms with E-state index in [1.165, 1.54) is 12.8 Å². The summed E-state index contributed by atoms with van der Waals surface area (Å²) >= 11 is 0. The Morgan fingerprint density at radius 3 is 1.50 bits per heavy atom. The lowest BCUT2D eigenvalue weighted by molar-refractivity contribution is 0.359. The molecule has 1 rings (SSSR count). The van der Waals surface area contributed by atoms with Gasteiger partial charge in [0, 0.05) is 0 Å². The van der Waals surface area contributed by atoms with Crippen LogP contribution in [0.2, 0.25) is 0 Å². The minimum absolute atomic E-state index is 0.906. The fourth-order valence-corrected chi connectivity index (χ4v) is 1.72. The zero-order chi connectivity index (χ0) is 7.72. The molecule has 0 aliphatic heterocycles. The number of hydrogen-bond donors (Lipinski definition) is 0. The van der Waals surface area contributed by atoms with Crippen LogP contribution in [-0.2, 0) is 0 Å². The van der Waals surface area contributed by atoms with Crippen LogP contribution in [0.25, 0.3) is 0 Å². The Bertz CT molecular complexity index is 135. The summed E-state index contributed by atoms with van der Waals surface area (Å²) in [5.41, 5.74) is 3.26. The Morgan fingerprint density at radius 1 is 0.900 bits per heavy atom. The zero-order valence-corrected chi connectivity index (χ0v) is 7.57. The van der Waals surface area contributed by atoms with Gasteiger partial charge in [0.2, 0.25) is 0 Å².